The van der Waals surface area contributed by atoms with Crippen molar-refractivity contribution in [3.8, 4) is 17.2 Å². The number of ketones is 1. The lowest BCUT2D eigenvalue weighted by molar-refractivity contribution is -0.121. The predicted molar refractivity (Wildman–Crippen MR) is 67.8 cm³/mol. The van der Waals surface area contributed by atoms with E-state index in [0.717, 1.165) is 0 Å². The molecule has 0 fully saturated rings. The lowest BCUT2D eigenvalue weighted by Crippen LogP contribution is -2.28. The van der Waals surface area contributed by atoms with Gasteiger partial charge in [-0.25, -0.2) is 0 Å². The normalized spacial score (nSPS) is 14.2. The topological polar surface area (TPSA) is 89.8 Å². The Hall–Kier alpha value is -1.75. The Morgan fingerprint density at radius 3 is 2.28 bits per heavy atom. The molecule has 1 aromatic carbocycles. The highest BCUT2D eigenvalue weighted by atomic mass is 16.3. The predicted octanol–water partition coefficient (Wildman–Crippen LogP) is 1.60. The minimum Gasteiger partial charge on any atom is -0.507 e. The van der Waals surface area contributed by atoms with E-state index in [-0.39, 0.29) is 22.8 Å². The second-order valence-corrected chi connectivity index (χ2v) is 4.49. The van der Waals surface area contributed by atoms with E-state index < -0.39 is 17.7 Å². The highest BCUT2D eigenvalue weighted by Gasteiger charge is 2.28. The number of Topliss-reactive ketones (excluding diaryl/α,β-unsaturated/α-hetero) is 1. The summed E-state index contributed by atoms with van der Waals surface area (Å²) in [6.45, 7) is 4.75. The molecule has 0 amide bonds. The number of nitrogens with one attached hydrogen (secondary N) is 1. The van der Waals surface area contributed by atoms with Crippen LogP contribution in [0.5, 0.6) is 17.2 Å². The van der Waals surface area contributed by atoms with Gasteiger partial charge in [-0.15, -0.1) is 0 Å². The van der Waals surface area contributed by atoms with E-state index in [1.807, 2.05) is 0 Å². The Balaban J connectivity index is 3.42. The summed E-state index contributed by atoms with van der Waals surface area (Å²) < 4.78 is 0. The van der Waals surface area contributed by atoms with Crippen LogP contribution < -0.4 is 5.32 Å². The molecule has 18 heavy (non-hydrogen) atoms. The Kier molecular flexibility index (Phi) is 4.19. The average molecular weight is 253 g/mol. The molecule has 2 atom stereocenters. The Labute approximate surface area is 106 Å². The number of phenols is 3. The van der Waals surface area contributed by atoms with Crippen molar-refractivity contribution in [3.63, 3.8) is 0 Å². The lowest BCUT2D eigenvalue weighted by atomic mass is 9.89. The molecule has 0 saturated heterocycles. The van der Waals surface area contributed by atoms with Crippen LogP contribution in [0.15, 0.2) is 6.07 Å². The number of aryl methyl sites for hydroxylation is 1. The van der Waals surface area contributed by atoms with Gasteiger partial charge in [-0.05, 0) is 32.5 Å². The van der Waals surface area contributed by atoms with Gasteiger partial charge in [-0.3, -0.25) is 4.79 Å². The number of phenolic OH excluding ortho intramolecular Hbond substituents is 3. The largest absolute Gasteiger partial charge is 0.507 e. The van der Waals surface area contributed by atoms with Crippen LogP contribution >= 0.6 is 0 Å². The molecule has 5 heteroatoms. The third-order valence-electron chi connectivity index (χ3n) is 3.24. The standard InChI is InChI=1S/C13H19NO4/c1-6-5-9(16)13(18)10(12(6)17)11(14-4)7(2)8(3)15/h5,7,11,14,16-18H,1-4H3. The monoisotopic (exact) mass is 253 g/mol. The maximum Gasteiger partial charge on any atom is 0.166 e. The van der Waals surface area contributed by atoms with Crippen LogP contribution in [0.2, 0.25) is 0 Å². The fraction of sp³-hybridized carbons (Fsp3) is 0.462. The maximum absolute atomic E-state index is 11.4. The van der Waals surface area contributed by atoms with Gasteiger partial charge in [0, 0.05) is 12.0 Å². The van der Waals surface area contributed by atoms with Gasteiger partial charge in [0.1, 0.15) is 11.5 Å². The molecule has 0 spiro atoms. The molecule has 0 radical (unpaired) electrons. The van der Waals surface area contributed by atoms with Crippen LogP contribution in [0.25, 0.3) is 0 Å². The van der Waals surface area contributed by atoms with E-state index in [4.69, 9.17) is 0 Å². The van der Waals surface area contributed by atoms with E-state index in [1.54, 1.807) is 20.9 Å². The Bertz CT molecular complexity index is 444. The van der Waals surface area contributed by atoms with E-state index in [9.17, 15) is 20.1 Å². The zero-order chi connectivity index (χ0) is 14.0. The summed E-state index contributed by atoms with van der Waals surface area (Å²) in [6.07, 6.45) is 0. The molecular weight excluding hydrogens is 234 g/mol. The number of carbonyl (C=O) groups is 1. The molecule has 0 aliphatic carbocycles. The summed E-state index contributed by atoms with van der Waals surface area (Å²) in [5.41, 5.74) is 0.592. The highest BCUT2D eigenvalue weighted by molar-refractivity contribution is 5.79. The molecule has 0 aromatic heterocycles. The van der Waals surface area contributed by atoms with Gasteiger partial charge < -0.3 is 20.6 Å². The van der Waals surface area contributed by atoms with E-state index >= 15 is 0 Å². The van der Waals surface area contributed by atoms with Crippen LogP contribution in [0.3, 0.4) is 0 Å². The van der Waals surface area contributed by atoms with Gasteiger partial charge in [0.25, 0.3) is 0 Å². The number of hydrogen-bond donors (Lipinski definition) is 4. The quantitative estimate of drug-likeness (QED) is 0.483. The molecule has 0 aliphatic heterocycles. The number of carbonyl (C=O) groups excluding carboxylic acids is 1. The summed E-state index contributed by atoms with van der Waals surface area (Å²) >= 11 is 0. The zero-order valence-electron chi connectivity index (χ0n) is 11.0. The van der Waals surface area contributed by atoms with Crippen molar-refractivity contribution in [2.24, 2.45) is 5.92 Å². The fourth-order valence-corrected chi connectivity index (χ4v) is 1.98. The minimum atomic E-state index is -0.562. The number of rotatable bonds is 4. The second kappa shape index (κ2) is 5.27. The van der Waals surface area contributed by atoms with Gasteiger partial charge in [-0.1, -0.05) is 6.92 Å². The summed E-state index contributed by atoms with van der Waals surface area (Å²) in [4.78, 5) is 11.4. The highest BCUT2D eigenvalue weighted by Crippen LogP contribution is 2.43. The van der Waals surface area contributed by atoms with Crippen molar-refractivity contribution in [2.75, 3.05) is 7.05 Å². The van der Waals surface area contributed by atoms with E-state index in [0.29, 0.717) is 5.56 Å². The first-order valence-electron chi connectivity index (χ1n) is 5.73. The van der Waals surface area contributed by atoms with Crippen molar-refractivity contribution in [1.29, 1.82) is 0 Å². The summed E-state index contributed by atoms with van der Waals surface area (Å²) in [5, 5.41) is 32.4. The van der Waals surface area contributed by atoms with Crippen molar-refractivity contribution in [1.82, 2.24) is 5.32 Å². The molecule has 4 N–H and O–H groups in total. The Morgan fingerprint density at radius 2 is 1.83 bits per heavy atom. The molecule has 0 bridgehead atoms. The Morgan fingerprint density at radius 1 is 1.28 bits per heavy atom. The molecule has 5 nitrogen and oxygen atoms in total. The number of aromatic hydroxyl groups is 3. The first-order valence-corrected chi connectivity index (χ1v) is 5.73. The molecule has 100 valence electrons. The van der Waals surface area contributed by atoms with Crippen LogP contribution in [-0.2, 0) is 4.79 Å². The molecular formula is C13H19NO4. The molecule has 2 unspecified atom stereocenters. The van der Waals surface area contributed by atoms with Crippen LogP contribution in [0.4, 0.5) is 0 Å². The molecule has 1 aromatic rings. The molecule has 0 aliphatic rings. The van der Waals surface area contributed by atoms with Gasteiger partial charge in [-0.2, -0.15) is 0 Å². The number of hydrogen-bond acceptors (Lipinski definition) is 5. The zero-order valence-corrected chi connectivity index (χ0v) is 11.0. The first-order chi connectivity index (χ1) is 8.31. The number of benzene rings is 1. The maximum atomic E-state index is 11.4. The van der Waals surface area contributed by atoms with Crippen molar-refractivity contribution < 1.29 is 20.1 Å². The molecule has 0 saturated carbocycles. The third kappa shape index (κ3) is 2.41. The smallest absolute Gasteiger partial charge is 0.166 e. The van der Waals surface area contributed by atoms with E-state index in [2.05, 4.69) is 5.32 Å². The van der Waals surface area contributed by atoms with Crippen molar-refractivity contribution in [2.45, 2.75) is 26.8 Å². The lowest BCUT2D eigenvalue weighted by Gasteiger charge is -2.24. The van der Waals surface area contributed by atoms with Gasteiger partial charge in [0.05, 0.1) is 5.56 Å². The third-order valence-corrected chi connectivity index (χ3v) is 3.24. The molecule has 1 rings (SSSR count). The fourth-order valence-electron chi connectivity index (χ4n) is 1.98. The SMILES string of the molecule is CNC(c1c(O)c(C)cc(O)c1O)C(C)C(C)=O. The minimum absolute atomic E-state index is 0.0749. The van der Waals surface area contributed by atoms with Crippen LogP contribution in [-0.4, -0.2) is 28.2 Å². The second-order valence-electron chi connectivity index (χ2n) is 4.49. The summed E-state index contributed by atoms with van der Waals surface area (Å²) in [6, 6.07) is 0.715. The van der Waals surface area contributed by atoms with Gasteiger partial charge in [0.2, 0.25) is 0 Å². The van der Waals surface area contributed by atoms with Crippen molar-refractivity contribution in [3.05, 3.63) is 17.2 Å². The summed E-state index contributed by atoms with van der Waals surface area (Å²) in [7, 11) is 1.63. The molecule has 0 heterocycles. The summed E-state index contributed by atoms with van der Waals surface area (Å²) in [5.74, 6) is -1.33. The van der Waals surface area contributed by atoms with E-state index in [1.165, 1.54) is 13.0 Å². The van der Waals surface area contributed by atoms with Gasteiger partial charge >= 0.3 is 0 Å². The van der Waals surface area contributed by atoms with Crippen LogP contribution in [0.1, 0.15) is 31.0 Å². The van der Waals surface area contributed by atoms with Crippen molar-refractivity contribution >= 4 is 5.78 Å². The average Bonchev–Trinajstić information content (AvgIpc) is 2.31. The van der Waals surface area contributed by atoms with Crippen LogP contribution in [0, 0.1) is 12.8 Å². The first kappa shape index (κ1) is 14.3. The van der Waals surface area contributed by atoms with Gasteiger partial charge in [0.15, 0.2) is 11.5 Å².